The number of hydrogen-bond donors (Lipinski definition) is 1. The normalized spacial score (nSPS) is 11.6. The predicted octanol–water partition coefficient (Wildman–Crippen LogP) is 4.04. The van der Waals surface area contributed by atoms with Gasteiger partial charge in [-0.25, -0.2) is 9.36 Å². The zero-order chi connectivity index (χ0) is 24.6. The molecule has 0 fully saturated rings. The number of alkyl halides is 3. The maximum absolute atomic E-state index is 13.2. The molecule has 34 heavy (non-hydrogen) atoms. The molecule has 0 unspecified atom stereocenters. The quantitative estimate of drug-likeness (QED) is 0.474. The summed E-state index contributed by atoms with van der Waals surface area (Å²) in [4.78, 5) is 25.7. The number of aromatic nitrogens is 4. The van der Waals surface area contributed by atoms with E-state index in [2.05, 4.69) is 20.3 Å². The molecule has 0 saturated carbocycles. The molecule has 2 heterocycles. The Labute approximate surface area is 191 Å². The monoisotopic (exact) mass is 471 g/mol. The van der Waals surface area contributed by atoms with Crippen LogP contribution in [0.4, 0.5) is 18.9 Å². The van der Waals surface area contributed by atoms with Gasteiger partial charge in [-0.15, -0.1) is 13.2 Å². The van der Waals surface area contributed by atoms with Gasteiger partial charge in [-0.1, -0.05) is 6.07 Å². The third-order valence-corrected chi connectivity index (χ3v) is 5.27. The van der Waals surface area contributed by atoms with Crippen molar-refractivity contribution >= 4 is 22.5 Å². The summed E-state index contributed by atoms with van der Waals surface area (Å²) in [5, 5.41) is 11.7. The van der Waals surface area contributed by atoms with E-state index < -0.39 is 30.1 Å². The summed E-state index contributed by atoms with van der Waals surface area (Å²) in [7, 11) is 0. The maximum atomic E-state index is 13.2. The second-order valence-electron chi connectivity index (χ2n) is 7.76. The van der Waals surface area contributed by atoms with Gasteiger partial charge in [-0.2, -0.15) is 10.2 Å². The fourth-order valence-corrected chi connectivity index (χ4v) is 3.46. The molecule has 0 atom stereocenters. The molecule has 4 rings (SSSR count). The third-order valence-electron chi connectivity index (χ3n) is 5.27. The molecule has 0 spiro atoms. The molecular formula is C23H20F3N5O3. The number of amides is 1. The molecule has 0 aliphatic heterocycles. The SMILES string of the molecule is Cc1ccc(-n2ncc3c(C)nn(CC(=O)Nc4ccc(OC(F)(F)F)cc4)c(=O)c32)cc1C. The lowest BCUT2D eigenvalue weighted by Crippen LogP contribution is -2.31. The molecule has 176 valence electrons. The number of carbonyl (C=O) groups is 1. The van der Waals surface area contributed by atoms with Crippen LogP contribution >= 0.6 is 0 Å². The second kappa shape index (κ2) is 8.65. The van der Waals surface area contributed by atoms with Crippen LogP contribution in [0.2, 0.25) is 0 Å². The summed E-state index contributed by atoms with van der Waals surface area (Å²) >= 11 is 0. The lowest BCUT2D eigenvalue weighted by molar-refractivity contribution is -0.274. The summed E-state index contributed by atoms with van der Waals surface area (Å²) < 4.78 is 43.2. The number of benzene rings is 2. The number of anilines is 1. The van der Waals surface area contributed by atoms with E-state index in [0.29, 0.717) is 16.8 Å². The van der Waals surface area contributed by atoms with E-state index in [1.165, 1.54) is 16.8 Å². The van der Waals surface area contributed by atoms with E-state index in [1.807, 2.05) is 32.0 Å². The summed E-state index contributed by atoms with van der Waals surface area (Å²) in [5.41, 5.74) is 3.40. The first kappa shape index (κ1) is 23.0. The molecule has 0 aliphatic carbocycles. The van der Waals surface area contributed by atoms with Crippen LogP contribution in [0, 0.1) is 20.8 Å². The Bertz CT molecular complexity index is 1440. The topological polar surface area (TPSA) is 91.0 Å². The van der Waals surface area contributed by atoms with Crippen molar-refractivity contribution in [1.29, 1.82) is 0 Å². The van der Waals surface area contributed by atoms with Gasteiger partial charge in [0, 0.05) is 11.1 Å². The number of rotatable bonds is 5. The fourth-order valence-electron chi connectivity index (χ4n) is 3.46. The predicted molar refractivity (Wildman–Crippen MR) is 119 cm³/mol. The van der Waals surface area contributed by atoms with Crippen LogP contribution in [0.3, 0.4) is 0 Å². The Kier molecular flexibility index (Phi) is 5.86. The lowest BCUT2D eigenvalue weighted by Gasteiger charge is -2.11. The fraction of sp³-hybridized carbons (Fsp3) is 0.217. The number of hydrogen-bond acceptors (Lipinski definition) is 5. The standard InChI is InChI=1S/C23H20F3N5O3/c1-13-4-7-17(10-14(13)2)31-21-19(11-27-31)15(3)29-30(22(21)33)12-20(32)28-16-5-8-18(9-6-16)34-23(24,25)26/h4-11H,12H2,1-3H3,(H,28,32). The molecule has 0 radical (unpaired) electrons. The minimum Gasteiger partial charge on any atom is -0.406 e. The van der Waals surface area contributed by atoms with Crippen LogP contribution in [0.1, 0.15) is 16.8 Å². The van der Waals surface area contributed by atoms with E-state index in [1.54, 1.807) is 13.1 Å². The highest BCUT2D eigenvalue weighted by molar-refractivity contribution is 5.90. The molecule has 0 bridgehead atoms. The van der Waals surface area contributed by atoms with Gasteiger partial charge in [0.15, 0.2) is 0 Å². The second-order valence-corrected chi connectivity index (χ2v) is 7.76. The number of fused-ring (bicyclic) bond motifs is 1. The number of carbonyl (C=O) groups excluding carboxylic acids is 1. The Morgan fingerprint density at radius 1 is 1.06 bits per heavy atom. The lowest BCUT2D eigenvalue weighted by atomic mass is 10.1. The van der Waals surface area contributed by atoms with Crippen molar-refractivity contribution < 1.29 is 22.7 Å². The van der Waals surface area contributed by atoms with Crippen molar-refractivity contribution in [2.75, 3.05) is 5.32 Å². The van der Waals surface area contributed by atoms with Crippen molar-refractivity contribution in [2.24, 2.45) is 0 Å². The molecule has 2 aromatic carbocycles. The van der Waals surface area contributed by atoms with Gasteiger partial charge in [0.25, 0.3) is 5.56 Å². The largest absolute Gasteiger partial charge is 0.573 e. The Morgan fingerprint density at radius 2 is 1.76 bits per heavy atom. The first-order valence-electron chi connectivity index (χ1n) is 10.2. The van der Waals surface area contributed by atoms with Crippen molar-refractivity contribution in [2.45, 2.75) is 33.7 Å². The Balaban J connectivity index is 1.60. The van der Waals surface area contributed by atoms with Crippen LogP contribution < -0.4 is 15.6 Å². The molecular weight excluding hydrogens is 451 g/mol. The minimum atomic E-state index is -4.81. The van der Waals surface area contributed by atoms with E-state index in [9.17, 15) is 22.8 Å². The summed E-state index contributed by atoms with van der Waals surface area (Å²) in [6, 6.07) is 10.4. The first-order valence-corrected chi connectivity index (χ1v) is 10.2. The first-order chi connectivity index (χ1) is 16.0. The maximum Gasteiger partial charge on any atom is 0.573 e. The third kappa shape index (κ3) is 4.77. The Hall–Kier alpha value is -4.15. The molecule has 0 aliphatic rings. The molecule has 2 aromatic heterocycles. The van der Waals surface area contributed by atoms with Crippen LogP contribution in [0.25, 0.3) is 16.6 Å². The Morgan fingerprint density at radius 3 is 2.41 bits per heavy atom. The summed E-state index contributed by atoms with van der Waals surface area (Å²) in [6.07, 6.45) is -3.25. The van der Waals surface area contributed by atoms with Gasteiger partial charge in [-0.05, 0) is 68.3 Å². The van der Waals surface area contributed by atoms with Crippen LogP contribution in [0.5, 0.6) is 5.75 Å². The molecule has 8 nitrogen and oxygen atoms in total. The van der Waals surface area contributed by atoms with Crippen molar-refractivity contribution in [3.05, 3.63) is 75.8 Å². The van der Waals surface area contributed by atoms with E-state index >= 15 is 0 Å². The van der Waals surface area contributed by atoms with Crippen molar-refractivity contribution in [1.82, 2.24) is 19.6 Å². The average molecular weight is 471 g/mol. The molecule has 1 amide bonds. The number of nitrogens with one attached hydrogen (secondary N) is 1. The van der Waals surface area contributed by atoms with Crippen LogP contribution in [-0.2, 0) is 11.3 Å². The molecule has 11 heteroatoms. The van der Waals surface area contributed by atoms with Gasteiger partial charge in [0.05, 0.1) is 17.6 Å². The highest BCUT2D eigenvalue weighted by Crippen LogP contribution is 2.24. The summed E-state index contributed by atoms with van der Waals surface area (Å²) in [5.74, 6) is -0.987. The number of halogens is 3. The number of ether oxygens (including phenoxy) is 1. The number of nitrogens with zero attached hydrogens (tertiary/aromatic N) is 4. The van der Waals surface area contributed by atoms with Gasteiger partial charge in [-0.3, -0.25) is 9.59 Å². The molecule has 0 saturated heterocycles. The van der Waals surface area contributed by atoms with Crippen LogP contribution in [-0.4, -0.2) is 31.8 Å². The number of aryl methyl sites for hydroxylation is 3. The van der Waals surface area contributed by atoms with Gasteiger partial charge in [0.2, 0.25) is 5.91 Å². The van der Waals surface area contributed by atoms with Gasteiger partial charge in [0.1, 0.15) is 17.8 Å². The molecule has 1 N–H and O–H groups in total. The summed E-state index contributed by atoms with van der Waals surface area (Å²) in [6.45, 7) is 5.26. The van der Waals surface area contributed by atoms with Crippen molar-refractivity contribution in [3.63, 3.8) is 0 Å². The molecule has 4 aromatic rings. The van der Waals surface area contributed by atoms with E-state index in [0.717, 1.165) is 27.9 Å². The van der Waals surface area contributed by atoms with Crippen LogP contribution in [0.15, 0.2) is 53.5 Å². The zero-order valence-corrected chi connectivity index (χ0v) is 18.5. The van der Waals surface area contributed by atoms with Gasteiger partial charge >= 0.3 is 6.36 Å². The smallest absolute Gasteiger partial charge is 0.406 e. The van der Waals surface area contributed by atoms with Crippen molar-refractivity contribution in [3.8, 4) is 11.4 Å². The highest BCUT2D eigenvalue weighted by Gasteiger charge is 2.31. The van der Waals surface area contributed by atoms with Gasteiger partial charge < -0.3 is 10.1 Å². The average Bonchev–Trinajstić information content (AvgIpc) is 3.20. The van der Waals surface area contributed by atoms with E-state index in [4.69, 9.17) is 0 Å². The zero-order valence-electron chi connectivity index (χ0n) is 18.5. The minimum absolute atomic E-state index is 0.241. The van der Waals surface area contributed by atoms with E-state index in [-0.39, 0.29) is 11.2 Å². The highest BCUT2D eigenvalue weighted by atomic mass is 19.4.